The first-order valence-electron chi connectivity index (χ1n) is 5.41. The van der Waals surface area contributed by atoms with E-state index in [0.717, 1.165) is 17.1 Å². The molecule has 0 saturated heterocycles. The zero-order valence-electron chi connectivity index (χ0n) is 10.0. The quantitative estimate of drug-likeness (QED) is 0.486. The molecule has 19 heavy (non-hydrogen) atoms. The number of Topliss-reactive ketones (excluding diaryl/α,β-unsaturated/α-hetero) is 1. The lowest BCUT2D eigenvalue weighted by Gasteiger charge is -2.03. The third-order valence-electron chi connectivity index (χ3n) is 2.50. The minimum absolute atomic E-state index is 0.0267. The van der Waals surface area contributed by atoms with Crippen LogP contribution < -0.4 is 5.43 Å². The molecule has 0 aliphatic rings. The van der Waals surface area contributed by atoms with Gasteiger partial charge in [-0.15, -0.1) is 11.3 Å². The number of hydrogen-bond acceptors (Lipinski definition) is 5. The molecule has 0 saturated carbocycles. The van der Waals surface area contributed by atoms with Gasteiger partial charge in [0.2, 0.25) is 0 Å². The first-order valence-corrected chi connectivity index (χ1v) is 6.23. The smallest absolute Gasteiger partial charge is 0.332 e. The monoisotopic (exact) mass is 278 g/mol. The minimum Gasteiger partial charge on any atom is -0.340 e. The number of nitrogens with zero attached hydrogens (tertiary/aromatic N) is 2. The van der Waals surface area contributed by atoms with Gasteiger partial charge in [0.1, 0.15) is 0 Å². The lowest BCUT2D eigenvalue weighted by Crippen LogP contribution is -2.14. The summed E-state index contributed by atoms with van der Waals surface area (Å²) in [5.74, 6) is -0.143. The van der Waals surface area contributed by atoms with Crippen LogP contribution in [-0.2, 0) is 6.54 Å². The molecule has 0 N–H and O–H groups in total. The number of aryl methyl sites for hydroxylation is 1. The maximum atomic E-state index is 11.9. The van der Waals surface area contributed by atoms with E-state index in [1.54, 1.807) is 6.07 Å². The third kappa shape index (κ3) is 2.94. The molecule has 2 heterocycles. The van der Waals surface area contributed by atoms with E-state index in [9.17, 15) is 19.7 Å². The van der Waals surface area contributed by atoms with E-state index in [-0.39, 0.29) is 12.3 Å². The fourth-order valence-corrected chi connectivity index (χ4v) is 2.37. The fourth-order valence-electron chi connectivity index (χ4n) is 1.58. The Labute approximate surface area is 112 Å². The predicted octanol–water partition coefficient (Wildman–Crippen LogP) is 2.01. The minimum atomic E-state index is -0.751. The molecule has 0 aromatic carbocycles. The molecule has 0 aliphatic heterocycles. The number of carbonyl (C=O) groups is 1. The summed E-state index contributed by atoms with van der Waals surface area (Å²) >= 11 is 1.37. The van der Waals surface area contributed by atoms with Crippen LogP contribution in [0.3, 0.4) is 0 Å². The van der Waals surface area contributed by atoms with Crippen molar-refractivity contribution in [2.24, 2.45) is 0 Å². The molecule has 6 nitrogen and oxygen atoms in total. The molecular weight excluding hydrogens is 268 g/mol. The molecule has 0 aliphatic carbocycles. The first kappa shape index (κ1) is 13.2. The molecule has 0 radical (unpaired) electrons. The van der Waals surface area contributed by atoms with Gasteiger partial charge >= 0.3 is 5.69 Å². The summed E-state index contributed by atoms with van der Waals surface area (Å²) in [7, 11) is 0. The van der Waals surface area contributed by atoms with E-state index in [0.29, 0.717) is 4.88 Å². The highest BCUT2D eigenvalue weighted by atomic mass is 32.1. The van der Waals surface area contributed by atoms with Crippen molar-refractivity contribution in [2.45, 2.75) is 13.5 Å². The molecule has 0 atom stereocenters. The van der Waals surface area contributed by atoms with Gasteiger partial charge in [-0.1, -0.05) is 0 Å². The lowest BCUT2D eigenvalue weighted by atomic mass is 10.3. The van der Waals surface area contributed by atoms with Crippen LogP contribution in [0, 0.1) is 17.0 Å². The average Bonchev–Trinajstić information content (AvgIpc) is 2.78. The SMILES string of the molecule is Cc1ccc(C(=O)Cn2ccc(=O)c([N+](=O)[O-])c2)s1. The van der Waals surface area contributed by atoms with Crippen molar-refractivity contribution in [1.82, 2.24) is 4.57 Å². The van der Waals surface area contributed by atoms with Gasteiger partial charge < -0.3 is 4.57 Å². The predicted molar refractivity (Wildman–Crippen MR) is 70.7 cm³/mol. The van der Waals surface area contributed by atoms with Gasteiger partial charge in [0, 0.05) is 17.1 Å². The van der Waals surface area contributed by atoms with E-state index in [1.165, 1.54) is 22.1 Å². The van der Waals surface area contributed by atoms with Crippen molar-refractivity contribution in [3.8, 4) is 0 Å². The van der Waals surface area contributed by atoms with Gasteiger partial charge in [0.05, 0.1) is 22.5 Å². The number of thiophene rings is 1. The van der Waals surface area contributed by atoms with E-state index >= 15 is 0 Å². The average molecular weight is 278 g/mol. The molecular formula is C12H10N2O4S. The molecule has 7 heteroatoms. The molecule has 0 unspecified atom stereocenters. The second-order valence-corrected chi connectivity index (χ2v) is 5.25. The third-order valence-corrected chi connectivity index (χ3v) is 3.54. The van der Waals surface area contributed by atoms with Gasteiger partial charge in [-0.05, 0) is 19.1 Å². The van der Waals surface area contributed by atoms with Crippen molar-refractivity contribution in [1.29, 1.82) is 0 Å². The van der Waals surface area contributed by atoms with Crippen LogP contribution in [0.2, 0.25) is 0 Å². The number of ketones is 1. The van der Waals surface area contributed by atoms with Gasteiger partial charge in [0.15, 0.2) is 5.78 Å². The van der Waals surface area contributed by atoms with Gasteiger partial charge in [-0.2, -0.15) is 0 Å². The first-order chi connectivity index (χ1) is 8.97. The van der Waals surface area contributed by atoms with Crippen LogP contribution in [0.25, 0.3) is 0 Å². The molecule has 0 bridgehead atoms. The highest BCUT2D eigenvalue weighted by molar-refractivity contribution is 7.14. The normalized spacial score (nSPS) is 10.4. The summed E-state index contributed by atoms with van der Waals surface area (Å²) in [6.07, 6.45) is 2.45. The number of aromatic nitrogens is 1. The van der Waals surface area contributed by atoms with E-state index in [2.05, 4.69) is 0 Å². The largest absolute Gasteiger partial charge is 0.340 e. The maximum absolute atomic E-state index is 11.9. The van der Waals surface area contributed by atoms with Gasteiger partial charge in [-0.25, -0.2) is 0 Å². The summed E-state index contributed by atoms with van der Waals surface area (Å²) < 4.78 is 1.34. The van der Waals surface area contributed by atoms with Crippen molar-refractivity contribution in [2.75, 3.05) is 0 Å². The zero-order chi connectivity index (χ0) is 14.0. The van der Waals surface area contributed by atoms with Crippen molar-refractivity contribution in [3.63, 3.8) is 0 Å². The summed E-state index contributed by atoms with van der Waals surface area (Å²) in [6, 6.07) is 4.65. The van der Waals surface area contributed by atoms with Crippen LogP contribution in [-0.4, -0.2) is 15.3 Å². The van der Waals surface area contributed by atoms with E-state index in [4.69, 9.17) is 0 Å². The van der Waals surface area contributed by atoms with Crippen molar-refractivity contribution < 1.29 is 9.72 Å². The van der Waals surface area contributed by atoms with Crippen LogP contribution in [0.15, 0.2) is 35.4 Å². The Morgan fingerprint density at radius 1 is 1.42 bits per heavy atom. The highest BCUT2D eigenvalue weighted by Crippen LogP contribution is 2.16. The van der Waals surface area contributed by atoms with Crippen molar-refractivity contribution >= 4 is 22.8 Å². The summed E-state index contributed by atoms with van der Waals surface area (Å²) in [5.41, 5.74) is -1.20. The van der Waals surface area contributed by atoms with Gasteiger partial charge in [-0.3, -0.25) is 19.7 Å². The maximum Gasteiger partial charge on any atom is 0.332 e. The number of carbonyl (C=O) groups excluding carboxylic acids is 1. The van der Waals surface area contributed by atoms with E-state index in [1.807, 2.05) is 13.0 Å². The summed E-state index contributed by atoms with van der Waals surface area (Å²) in [6.45, 7) is 1.87. The Morgan fingerprint density at radius 2 is 2.16 bits per heavy atom. The van der Waals surface area contributed by atoms with Crippen LogP contribution in [0.4, 0.5) is 5.69 Å². The van der Waals surface area contributed by atoms with Crippen LogP contribution in [0.5, 0.6) is 0 Å². The number of hydrogen-bond donors (Lipinski definition) is 0. The Hall–Kier alpha value is -2.28. The number of rotatable bonds is 4. The lowest BCUT2D eigenvalue weighted by molar-refractivity contribution is -0.386. The van der Waals surface area contributed by atoms with Crippen LogP contribution >= 0.6 is 11.3 Å². The second-order valence-electron chi connectivity index (χ2n) is 3.96. The topological polar surface area (TPSA) is 82.2 Å². The Morgan fingerprint density at radius 3 is 2.74 bits per heavy atom. The van der Waals surface area contributed by atoms with Crippen molar-refractivity contribution in [3.05, 3.63) is 60.7 Å². The Bertz CT molecular complexity index is 702. The summed E-state index contributed by atoms with van der Waals surface area (Å²) in [5, 5.41) is 10.6. The van der Waals surface area contributed by atoms with Crippen LogP contribution in [0.1, 0.15) is 14.5 Å². The Kier molecular flexibility index (Phi) is 3.57. The number of nitro groups is 1. The summed E-state index contributed by atoms with van der Waals surface area (Å²) in [4.78, 5) is 34.7. The molecule has 2 rings (SSSR count). The standard InChI is InChI=1S/C12H10N2O4S/c1-8-2-3-12(19-8)11(16)7-13-5-4-10(15)9(6-13)14(17)18/h2-6H,7H2,1H3. The molecule has 2 aromatic heterocycles. The number of pyridine rings is 1. The molecule has 0 amide bonds. The molecule has 98 valence electrons. The van der Waals surface area contributed by atoms with E-state index < -0.39 is 16.0 Å². The van der Waals surface area contributed by atoms with Gasteiger partial charge in [0.25, 0.3) is 5.43 Å². The fraction of sp³-hybridized carbons (Fsp3) is 0.167. The highest BCUT2D eigenvalue weighted by Gasteiger charge is 2.14. The Balaban J connectivity index is 2.24. The molecule has 0 spiro atoms. The molecule has 0 fully saturated rings. The zero-order valence-corrected chi connectivity index (χ0v) is 10.8. The molecule has 2 aromatic rings. The second kappa shape index (κ2) is 5.15.